The van der Waals surface area contributed by atoms with Crippen molar-refractivity contribution in [3.63, 3.8) is 0 Å². The Hall–Kier alpha value is -0.370. The molecule has 2 aliphatic heterocycles. The van der Waals surface area contributed by atoms with Crippen LogP contribution in [-0.2, 0) is 0 Å². The van der Waals surface area contributed by atoms with Gasteiger partial charge in [0.05, 0.1) is 6.33 Å². The third-order valence-electron chi connectivity index (χ3n) is 3.31. The number of fused-ring (bicyclic) bond motifs is 1. The highest BCUT2D eigenvalue weighted by Gasteiger charge is 2.46. The Morgan fingerprint density at radius 1 is 1.71 bits per heavy atom. The SMILES string of the molecule is [2H]C1([2H])/C(=C\F)C[C@]2(CC(C)C)CCCN12. The molecule has 2 heteroatoms. The second-order valence-corrected chi connectivity index (χ2v) is 5.00. The molecule has 0 saturated carbocycles. The molecule has 0 bridgehead atoms. The van der Waals surface area contributed by atoms with Crippen LogP contribution in [0.1, 0.15) is 42.3 Å². The van der Waals surface area contributed by atoms with Crippen LogP contribution in [0.5, 0.6) is 0 Å². The smallest absolute Gasteiger partial charge is 0.0872 e. The third-order valence-corrected chi connectivity index (χ3v) is 3.31. The monoisotopic (exact) mass is 199 g/mol. The van der Waals surface area contributed by atoms with Crippen LogP contribution in [0.25, 0.3) is 0 Å². The van der Waals surface area contributed by atoms with Gasteiger partial charge < -0.3 is 0 Å². The van der Waals surface area contributed by atoms with E-state index >= 15 is 0 Å². The van der Waals surface area contributed by atoms with Crippen LogP contribution in [0.2, 0.25) is 0 Å². The number of halogens is 1. The summed E-state index contributed by atoms with van der Waals surface area (Å²) in [6.45, 7) is 3.49. The lowest BCUT2D eigenvalue weighted by molar-refractivity contribution is 0.163. The van der Waals surface area contributed by atoms with E-state index in [1.807, 2.05) is 4.90 Å². The van der Waals surface area contributed by atoms with Crippen LogP contribution in [0.3, 0.4) is 0 Å². The van der Waals surface area contributed by atoms with Gasteiger partial charge in [0.2, 0.25) is 0 Å². The molecule has 1 atom stereocenters. The first-order valence-electron chi connectivity index (χ1n) is 6.50. The summed E-state index contributed by atoms with van der Waals surface area (Å²) < 4.78 is 28.8. The van der Waals surface area contributed by atoms with E-state index < -0.39 is 6.50 Å². The lowest BCUT2D eigenvalue weighted by Gasteiger charge is -2.33. The van der Waals surface area contributed by atoms with Gasteiger partial charge >= 0.3 is 0 Å². The molecule has 80 valence electrons. The van der Waals surface area contributed by atoms with Crippen molar-refractivity contribution in [1.29, 1.82) is 0 Å². The zero-order valence-corrected chi connectivity index (χ0v) is 9.02. The summed E-state index contributed by atoms with van der Waals surface area (Å²) in [7, 11) is 0. The number of hydrogen-bond donors (Lipinski definition) is 0. The van der Waals surface area contributed by atoms with Gasteiger partial charge in [-0.05, 0) is 43.7 Å². The maximum atomic E-state index is 12.8. The minimum absolute atomic E-state index is 0.115. The molecule has 0 N–H and O–H groups in total. The lowest BCUT2D eigenvalue weighted by Crippen LogP contribution is -2.39. The minimum atomic E-state index is -1.57. The van der Waals surface area contributed by atoms with Crippen molar-refractivity contribution in [3.05, 3.63) is 11.9 Å². The summed E-state index contributed by atoms with van der Waals surface area (Å²) in [6, 6.07) is 0. The Bertz CT molecular complexity index is 314. The maximum Gasteiger partial charge on any atom is 0.0872 e. The summed E-state index contributed by atoms with van der Waals surface area (Å²) in [5.41, 5.74) is 0.211. The van der Waals surface area contributed by atoms with Crippen molar-refractivity contribution in [2.24, 2.45) is 5.92 Å². The zero-order chi connectivity index (χ0) is 12.0. The normalized spacial score (nSPS) is 41.6. The highest BCUT2D eigenvalue weighted by Crippen LogP contribution is 2.45. The highest BCUT2D eigenvalue weighted by atomic mass is 19.1. The summed E-state index contributed by atoms with van der Waals surface area (Å²) in [6.07, 6.45) is 4.05. The summed E-state index contributed by atoms with van der Waals surface area (Å²) in [5, 5.41) is 0. The van der Waals surface area contributed by atoms with E-state index in [1.54, 1.807) is 0 Å². The Morgan fingerprint density at radius 3 is 3.14 bits per heavy atom. The molecule has 0 aliphatic carbocycles. The first-order chi connectivity index (χ1) is 7.42. The second-order valence-electron chi connectivity index (χ2n) is 5.00. The average Bonchev–Trinajstić information content (AvgIpc) is 2.64. The van der Waals surface area contributed by atoms with Gasteiger partial charge in [-0.1, -0.05) is 13.8 Å². The van der Waals surface area contributed by atoms with Crippen LogP contribution in [0.4, 0.5) is 4.39 Å². The highest BCUT2D eigenvalue weighted by molar-refractivity contribution is 5.18. The molecule has 2 saturated heterocycles. The maximum absolute atomic E-state index is 12.8. The van der Waals surface area contributed by atoms with Crippen molar-refractivity contribution in [2.75, 3.05) is 13.0 Å². The van der Waals surface area contributed by atoms with Gasteiger partial charge in [-0.25, -0.2) is 4.39 Å². The Morgan fingerprint density at radius 2 is 2.50 bits per heavy atom. The average molecular weight is 199 g/mol. The van der Waals surface area contributed by atoms with Gasteiger partial charge in [0, 0.05) is 14.8 Å². The molecule has 0 aromatic heterocycles. The molecule has 1 nitrogen and oxygen atoms in total. The van der Waals surface area contributed by atoms with E-state index in [0.29, 0.717) is 24.2 Å². The molecule has 2 heterocycles. The van der Waals surface area contributed by atoms with Crippen molar-refractivity contribution in [3.8, 4) is 0 Å². The predicted molar refractivity (Wildman–Crippen MR) is 56.8 cm³/mol. The molecule has 0 aromatic rings. The lowest BCUT2D eigenvalue weighted by atomic mass is 9.84. The molecular formula is C12H20FN. The van der Waals surface area contributed by atoms with Gasteiger partial charge in [-0.3, -0.25) is 4.90 Å². The predicted octanol–water partition coefficient (Wildman–Crippen LogP) is 3.12. The van der Waals surface area contributed by atoms with Gasteiger partial charge in [0.15, 0.2) is 0 Å². The fraction of sp³-hybridized carbons (Fsp3) is 0.833. The van der Waals surface area contributed by atoms with Gasteiger partial charge in [-0.2, -0.15) is 0 Å². The molecule has 0 unspecified atom stereocenters. The topological polar surface area (TPSA) is 3.24 Å². The van der Waals surface area contributed by atoms with E-state index in [4.69, 9.17) is 2.74 Å². The largest absolute Gasteiger partial charge is 0.293 e. The quantitative estimate of drug-likeness (QED) is 0.660. The van der Waals surface area contributed by atoms with Crippen molar-refractivity contribution >= 4 is 0 Å². The first kappa shape index (κ1) is 7.86. The van der Waals surface area contributed by atoms with E-state index in [1.165, 1.54) is 0 Å². The molecule has 2 fully saturated rings. The number of nitrogens with zero attached hydrogens (tertiary/aromatic N) is 1. The molecule has 0 aromatic carbocycles. The number of rotatable bonds is 2. The van der Waals surface area contributed by atoms with Crippen LogP contribution >= 0.6 is 0 Å². The number of hydrogen-bond acceptors (Lipinski definition) is 1. The Labute approximate surface area is 88.8 Å². The first-order valence-corrected chi connectivity index (χ1v) is 5.50. The molecule has 0 radical (unpaired) electrons. The summed E-state index contributed by atoms with van der Waals surface area (Å²) in [4.78, 5) is 1.89. The van der Waals surface area contributed by atoms with Crippen LogP contribution < -0.4 is 0 Å². The van der Waals surface area contributed by atoms with E-state index in [0.717, 1.165) is 25.8 Å². The van der Waals surface area contributed by atoms with Gasteiger partial charge in [-0.15, -0.1) is 0 Å². The fourth-order valence-corrected chi connectivity index (χ4v) is 2.97. The standard InChI is InChI=1S/C12H20FN/c1-10(2)6-12-4-3-5-14(12)9-11(7-12)8-13/h8,10H,3-7,9H2,1-2H3/b11-8-/t12-/m1/s1/i9D2. The minimum Gasteiger partial charge on any atom is -0.293 e. The van der Waals surface area contributed by atoms with Crippen molar-refractivity contribution < 1.29 is 7.13 Å². The molecule has 0 spiro atoms. The molecule has 14 heavy (non-hydrogen) atoms. The Kier molecular flexibility index (Phi) is 2.05. The fourth-order valence-electron chi connectivity index (χ4n) is 2.97. The van der Waals surface area contributed by atoms with Crippen LogP contribution in [0.15, 0.2) is 11.9 Å². The van der Waals surface area contributed by atoms with E-state index in [-0.39, 0.29) is 5.54 Å². The van der Waals surface area contributed by atoms with Crippen LogP contribution in [-0.4, -0.2) is 23.5 Å². The van der Waals surface area contributed by atoms with Crippen molar-refractivity contribution in [1.82, 2.24) is 4.90 Å². The van der Waals surface area contributed by atoms with Gasteiger partial charge in [0.1, 0.15) is 0 Å². The molecular weight excluding hydrogens is 177 g/mol. The molecule has 2 rings (SSSR count). The van der Waals surface area contributed by atoms with Gasteiger partial charge in [0.25, 0.3) is 0 Å². The van der Waals surface area contributed by atoms with E-state index in [9.17, 15) is 4.39 Å². The van der Waals surface area contributed by atoms with Crippen molar-refractivity contribution in [2.45, 2.75) is 45.1 Å². The zero-order valence-electron chi connectivity index (χ0n) is 11.0. The third kappa shape index (κ3) is 1.60. The van der Waals surface area contributed by atoms with E-state index in [2.05, 4.69) is 13.8 Å². The molecule has 2 aliphatic rings. The summed E-state index contributed by atoms with van der Waals surface area (Å²) in [5.74, 6) is 0.523. The second kappa shape index (κ2) is 3.65. The summed E-state index contributed by atoms with van der Waals surface area (Å²) >= 11 is 0. The molecule has 0 amide bonds. The van der Waals surface area contributed by atoms with Crippen LogP contribution in [0, 0.1) is 5.92 Å². The Balaban J connectivity index is 2.32.